The molecule has 1 amide bonds. The Labute approximate surface area is 166 Å². The van der Waals surface area contributed by atoms with E-state index in [1.807, 2.05) is 48.5 Å². The topological polar surface area (TPSA) is 60.5 Å². The first-order chi connectivity index (χ1) is 13.7. The number of amides is 1. The van der Waals surface area contributed by atoms with Gasteiger partial charge in [-0.25, -0.2) is 4.98 Å². The van der Waals surface area contributed by atoms with Gasteiger partial charge in [-0.15, -0.1) is 11.3 Å². The Kier molecular flexibility index (Phi) is 4.95. The van der Waals surface area contributed by atoms with E-state index < -0.39 is 0 Å². The lowest BCUT2D eigenvalue weighted by atomic mass is 10.1. The van der Waals surface area contributed by atoms with Crippen LogP contribution in [-0.4, -0.2) is 25.1 Å². The Morgan fingerprint density at radius 2 is 1.57 bits per heavy atom. The van der Waals surface area contributed by atoms with Crippen LogP contribution >= 0.6 is 11.3 Å². The lowest BCUT2D eigenvalue weighted by Gasteiger charge is -2.14. The maximum absolute atomic E-state index is 13.0. The molecule has 4 rings (SSSR count). The molecule has 0 aliphatic rings. The highest BCUT2D eigenvalue weighted by molar-refractivity contribution is 7.21. The van der Waals surface area contributed by atoms with Crippen molar-refractivity contribution in [3.05, 3.63) is 72.3 Å². The van der Waals surface area contributed by atoms with Crippen LogP contribution in [0.15, 0.2) is 66.7 Å². The molecule has 140 valence electrons. The largest absolute Gasteiger partial charge is 0.496 e. The number of hydrogen-bond donors (Lipinski definition) is 1. The molecule has 0 saturated carbocycles. The number of aromatic nitrogens is 1. The van der Waals surface area contributed by atoms with Crippen molar-refractivity contribution in [2.45, 2.75) is 0 Å². The summed E-state index contributed by atoms with van der Waals surface area (Å²) in [4.78, 5) is 17.8. The first-order valence-corrected chi connectivity index (χ1v) is 9.50. The summed E-state index contributed by atoms with van der Waals surface area (Å²) in [7, 11) is 3.06. The zero-order valence-corrected chi connectivity index (χ0v) is 16.2. The van der Waals surface area contributed by atoms with E-state index in [0.29, 0.717) is 22.7 Å². The summed E-state index contributed by atoms with van der Waals surface area (Å²) in [6.45, 7) is 0. The van der Waals surface area contributed by atoms with Crippen LogP contribution in [0.25, 0.3) is 20.8 Å². The number of nitrogens with zero attached hydrogens (tertiary/aromatic N) is 1. The maximum Gasteiger partial charge on any atom is 0.263 e. The summed E-state index contributed by atoms with van der Waals surface area (Å²) in [5.74, 6) is 0.603. The monoisotopic (exact) mass is 390 g/mol. The van der Waals surface area contributed by atoms with Crippen LogP contribution in [0.1, 0.15) is 10.4 Å². The third kappa shape index (κ3) is 3.30. The smallest absolute Gasteiger partial charge is 0.263 e. The minimum atomic E-state index is -0.303. The van der Waals surface area contributed by atoms with E-state index in [1.54, 1.807) is 29.5 Å². The molecule has 1 heterocycles. The molecule has 0 spiro atoms. The fourth-order valence-corrected chi connectivity index (χ4v) is 4.03. The average molecular weight is 390 g/mol. The Bertz CT molecular complexity index is 1100. The number of thiazole rings is 1. The van der Waals surface area contributed by atoms with Crippen molar-refractivity contribution in [3.63, 3.8) is 0 Å². The number of methoxy groups -OCH3 is 2. The summed E-state index contributed by atoms with van der Waals surface area (Å²) in [5, 5.41) is 3.84. The first-order valence-electron chi connectivity index (χ1n) is 8.68. The Morgan fingerprint density at radius 1 is 0.893 bits per heavy atom. The fourth-order valence-electron chi connectivity index (χ4n) is 3.03. The molecule has 28 heavy (non-hydrogen) atoms. The van der Waals surface area contributed by atoms with Crippen molar-refractivity contribution in [1.29, 1.82) is 0 Å². The van der Waals surface area contributed by atoms with Crippen molar-refractivity contribution in [3.8, 4) is 22.1 Å². The predicted molar refractivity (Wildman–Crippen MR) is 113 cm³/mol. The summed E-state index contributed by atoms with van der Waals surface area (Å²) < 4.78 is 11.8. The molecule has 4 aromatic rings. The van der Waals surface area contributed by atoms with Gasteiger partial charge in [0, 0.05) is 5.56 Å². The number of fused-ring (bicyclic) bond motifs is 1. The van der Waals surface area contributed by atoms with Gasteiger partial charge in [0.15, 0.2) is 0 Å². The lowest BCUT2D eigenvalue weighted by Crippen LogP contribution is -2.15. The molecule has 0 unspecified atom stereocenters. The van der Waals surface area contributed by atoms with Gasteiger partial charge in [-0.2, -0.15) is 0 Å². The zero-order chi connectivity index (χ0) is 19.5. The number of ether oxygens (including phenoxy) is 2. The average Bonchev–Trinajstić information content (AvgIpc) is 3.17. The quantitative estimate of drug-likeness (QED) is 0.507. The molecule has 0 bridgehead atoms. The first kappa shape index (κ1) is 18.0. The number of rotatable bonds is 5. The van der Waals surface area contributed by atoms with E-state index in [1.165, 1.54) is 14.2 Å². The third-order valence-corrected chi connectivity index (χ3v) is 5.42. The number of carbonyl (C=O) groups excluding carboxylic acids is 1. The Morgan fingerprint density at radius 3 is 2.29 bits per heavy atom. The molecule has 0 saturated heterocycles. The van der Waals surface area contributed by atoms with Crippen LogP contribution in [0.3, 0.4) is 0 Å². The van der Waals surface area contributed by atoms with Crippen LogP contribution in [0, 0.1) is 0 Å². The molecular weight excluding hydrogens is 372 g/mol. The number of benzene rings is 3. The van der Waals surface area contributed by atoms with Gasteiger partial charge in [0.25, 0.3) is 5.91 Å². The lowest BCUT2D eigenvalue weighted by molar-refractivity contribution is 0.102. The third-order valence-electron chi connectivity index (χ3n) is 4.35. The molecule has 3 aromatic carbocycles. The second-order valence-corrected chi connectivity index (χ2v) is 7.05. The Balaban J connectivity index is 1.73. The van der Waals surface area contributed by atoms with E-state index in [0.717, 1.165) is 20.8 Å². The van der Waals surface area contributed by atoms with E-state index in [-0.39, 0.29) is 5.91 Å². The van der Waals surface area contributed by atoms with Crippen LogP contribution in [0.4, 0.5) is 5.69 Å². The van der Waals surface area contributed by atoms with Gasteiger partial charge in [-0.1, -0.05) is 30.3 Å². The molecule has 5 nitrogen and oxygen atoms in total. The fraction of sp³-hybridized carbons (Fsp3) is 0.0909. The van der Waals surface area contributed by atoms with E-state index >= 15 is 0 Å². The van der Waals surface area contributed by atoms with Crippen molar-refractivity contribution < 1.29 is 14.3 Å². The van der Waals surface area contributed by atoms with Crippen molar-refractivity contribution in [2.24, 2.45) is 0 Å². The SMILES string of the molecule is COc1cccc(OC)c1C(=O)Nc1ccccc1-c1nc2ccccc2s1. The van der Waals surface area contributed by atoms with Crippen LogP contribution < -0.4 is 14.8 Å². The number of hydrogen-bond acceptors (Lipinski definition) is 5. The normalized spacial score (nSPS) is 10.6. The molecular formula is C22H18N2O3S. The Hall–Kier alpha value is -3.38. The van der Waals surface area contributed by atoms with Gasteiger partial charge >= 0.3 is 0 Å². The molecule has 0 aliphatic carbocycles. The van der Waals surface area contributed by atoms with Gasteiger partial charge < -0.3 is 14.8 Å². The summed E-state index contributed by atoms with van der Waals surface area (Å²) in [6.07, 6.45) is 0. The molecule has 0 radical (unpaired) electrons. The molecule has 1 aromatic heterocycles. The highest BCUT2D eigenvalue weighted by Crippen LogP contribution is 2.35. The van der Waals surface area contributed by atoms with Crippen molar-refractivity contribution in [1.82, 2.24) is 4.98 Å². The standard InChI is InChI=1S/C22H18N2O3S/c1-26-17-11-7-12-18(27-2)20(17)21(25)23-15-9-4-3-8-14(15)22-24-16-10-5-6-13-19(16)28-22/h3-13H,1-2H3,(H,23,25). The summed E-state index contributed by atoms with van der Waals surface area (Å²) in [5.41, 5.74) is 2.84. The molecule has 0 fully saturated rings. The number of carbonyl (C=O) groups is 1. The van der Waals surface area contributed by atoms with E-state index in [9.17, 15) is 4.79 Å². The highest BCUT2D eigenvalue weighted by Gasteiger charge is 2.20. The number of nitrogens with one attached hydrogen (secondary N) is 1. The predicted octanol–water partition coefficient (Wildman–Crippen LogP) is 5.23. The molecule has 0 aliphatic heterocycles. The van der Waals surface area contributed by atoms with Gasteiger partial charge in [0.2, 0.25) is 0 Å². The number of para-hydroxylation sites is 2. The second-order valence-electron chi connectivity index (χ2n) is 6.02. The number of anilines is 1. The molecule has 6 heteroatoms. The summed E-state index contributed by atoms with van der Waals surface area (Å²) >= 11 is 1.59. The van der Waals surface area contributed by atoms with Crippen molar-refractivity contribution in [2.75, 3.05) is 19.5 Å². The zero-order valence-electron chi connectivity index (χ0n) is 15.4. The van der Waals surface area contributed by atoms with Crippen LogP contribution in [0.2, 0.25) is 0 Å². The van der Waals surface area contributed by atoms with Gasteiger partial charge in [0.05, 0.1) is 30.1 Å². The maximum atomic E-state index is 13.0. The van der Waals surface area contributed by atoms with Crippen LogP contribution in [0.5, 0.6) is 11.5 Å². The summed E-state index contributed by atoms with van der Waals surface area (Å²) in [6, 6.07) is 20.9. The van der Waals surface area contributed by atoms with Gasteiger partial charge in [-0.3, -0.25) is 4.79 Å². The van der Waals surface area contributed by atoms with Gasteiger partial charge in [0.1, 0.15) is 22.1 Å². The molecule has 0 atom stereocenters. The van der Waals surface area contributed by atoms with E-state index in [4.69, 9.17) is 14.5 Å². The van der Waals surface area contributed by atoms with Crippen LogP contribution in [-0.2, 0) is 0 Å². The minimum absolute atomic E-state index is 0.303. The highest BCUT2D eigenvalue weighted by atomic mass is 32.1. The molecule has 1 N–H and O–H groups in total. The minimum Gasteiger partial charge on any atom is -0.496 e. The van der Waals surface area contributed by atoms with E-state index in [2.05, 4.69) is 5.32 Å². The van der Waals surface area contributed by atoms with Gasteiger partial charge in [-0.05, 0) is 36.4 Å². The van der Waals surface area contributed by atoms with Crippen molar-refractivity contribution >= 4 is 33.1 Å². The second kappa shape index (κ2) is 7.70.